The van der Waals surface area contributed by atoms with Crippen LogP contribution in [0.1, 0.15) is 0 Å². The summed E-state index contributed by atoms with van der Waals surface area (Å²) in [5, 5.41) is 0. The van der Waals surface area contributed by atoms with E-state index in [1.54, 1.807) is 0 Å². The van der Waals surface area contributed by atoms with Crippen LogP contribution in [-0.4, -0.2) is 15.0 Å². The van der Waals surface area contributed by atoms with Crippen LogP contribution in [0.2, 0.25) is 0 Å². The molecular weight excluding hydrogens is 162 g/mol. The van der Waals surface area contributed by atoms with Crippen LogP contribution in [-0.2, 0) is 0 Å². The van der Waals surface area contributed by atoms with E-state index in [9.17, 15) is 0 Å². The van der Waals surface area contributed by atoms with Crippen molar-refractivity contribution < 1.29 is 0 Å². The van der Waals surface area contributed by atoms with Gasteiger partial charge in [0.2, 0.25) is 0 Å². The zero-order chi connectivity index (χ0) is 8.67. The minimum absolute atomic E-state index is 0.846. The smallest absolute Gasteiger partial charge is 0.156 e. The highest BCUT2D eigenvalue weighted by Gasteiger charge is 1.99. The molecule has 0 bridgehead atoms. The topological polar surface area (TPSA) is 41.6 Å². The van der Waals surface area contributed by atoms with Crippen LogP contribution in [0.15, 0.2) is 36.5 Å². The number of aromatic amines is 1. The number of H-pyrrole nitrogens is 1. The molecule has 0 saturated carbocycles. The Labute approximate surface area is 74.4 Å². The summed E-state index contributed by atoms with van der Waals surface area (Å²) in [6.07, 6.45) is 1.85. The minimum Gasteiger partial charge on any atom is -0.345 e. The van der Waals surface area contributed by atoms with Crippen molar-refractivity contribution >= 4 is 22.2 Å². The van der Waals surface area contributed by atoms with Gasteiger partial charge in [-0.05, 0) is 18.2 Å². The van der Waals surface area contributed by atoms with Crippen LogP contribution in [0, 0.1) is 0 Å². The molecule has 0 atom stereocenters. The Morgan fingerprint density at radius 2 is 1.62 bits per heavy atom. The maximum atomic E-state index is 4.44. The van der Waals surface area contributed by atoms with E-state index in [1.807, 2.05) is 36.5 Å². The summed E-state index contributed by atoms with van der Waals surface area (Å²) in [5.41, 5.74) is 3.63. The first-order valence-electron chi connectivity index (χ1n) is 4.13. The second kappa shape index (κ2) is 2.29. The normalized spacial score (nSPS) is 11.1. The monoisotopic (exact) mass is 169 g/mol. The highest BCUT2D eigenvalue weighted by Crippen LogP contribution is 2.13. The van der Waals surface area contributed by atoms with Gasteiger partial charge in [-0.25, -0.2) is 9.97 Å². The lowest BCUT2D eigenvalue weighted by molar-refractivity contribution is 1.34. The van der Waals surface area contributed by atoms with Crippen molar-refractivity contribution in [3.8, 4) is 0 Å². The average Bonchev–Trinajstić information content (AvgIpc) is 2.61. The molecule has 0 radical (unpaired) electrons. The lowest BCUT2D eigenvalue weighted by Crippen LogP contribution is -1.83. The van der Waals surface area contributed by atoms with Gasteiger partial charge in [-0.2, -0.15) is 0 Å². The van der Waals surface area contributed by atoms with Crippen LogP contribution < -0.4 is 0 Å². The number of para-hydroxylation sites is 2. The summed E-state index contributed by atoms with van der Waals surface area (Å²) in [6.45, 7) is 0. The molecule has 0 aliphatic heterocycles. The number of nitrogens with zero attached hydrogens (tertiary/aromatic N) is 2. The zero-order valence-corrected chi connectivity index (χ0v) is 6.86. The predicted molar refractivity (Wildman–Crippen MR) is 51.4 cm³/mol. The first-order valence-corrected chi connectivity index (χ1v) is 4.13. The van der Waals surface area contributed by atoms with Crippen LogP contribution in [0.25, 0.3) is 22.2 Å². The summed E-state index contributed by atoms with van der Waals surface area (Å²) in [6, 6.07) is 9.79. The van der Waals surface area contributed by atoms with Gasteiger partial charge in [-0.15, -0.1) is 0 Å². The third-order valence-electron chi connectivity index (χ3n) is 2.06. The van der Waals surface area contributed by atoms with E-state index < -0.39 is 0 Å². The van der Waals surface area contributed by atoms with Crippen LogP contribution in [0.3, 0.4) is 0 Å². The Morgan fingerprint density at radius 1 is 0.846 bits per heavy atom. The van der Waals surface area contributed by atoms with E-state index >= 15 is 0 Å². The molecule has 1 aromatic carbocycles. The molecule has 0 spiro atoms. The average molecular weight is 169 g/mol. The van der Waals surface area contributed by atoms with E-state index in [4.69, 9.17) is 0 Å². The van der Waals surface area contributed by atoms with Crippen LogP contribution in [0.5, 0.6) is 0 Å². The van der Waals surface area contributed by atoms with E-state index in [1.165, 1.54) is 0 Å². The molecule has 0 aliphatic carbocycles. The van der Waals surface area contributed by atoms with E-state index in [0.717, 1.165) is 22.2 Å². The van der Waals surface area contributed by atoms with Crippen molar-refractivity contribution in [3.63, 3.8) is 0 Å². The summed E-state index contributed by atoms with van der Waals surface area (Å²) in [5.74, 6) is 0. The van der Waals surface area contributed by atoms with Crippen molar-refractivity contribution in [1.29, 1.82) is 0 Å². The van der Waals surface area contributed by atoms with E-state index in [2.05, 4.69) is 15.0 Å². The molecule has 3 aromatic rings. The number of hydrogen-bond donors (Lipinski definition) is 1. The molecule has 2 aromatic heterocycles. The standard InChI is InChI=1S/C10H7N3/c1-2-4-8-7(3-1)12-9-5-6-11-10(9)13-8/h1-6H,(H,11,13). The SMILES string of the molecule is c1ccc2nc3[nH]ccc3nc2c1. The summed E-state index contributed by atoms with van der Waals surface area (Å²) in [4.78, 5) is 11.9. The number of aromatic nitrogens is 3. The number of nitrogens with one attached hydrogen (secondary N) is 1. The molecule has 3 heteroatoms. The fourth-order valence-corrected chi connectivity index (χ4v) is 1.44. The Bertz CT molecular complexity index is 519. The Balaban J connectivity index is 2.57. The Morgan fingerprint density at radius 3 is 2.46 bits per heavy atom. The van der Waals surface area contributed by atoms with Gasteiger partial charge in [0, 0.05) is 6.20 Å². The van der Waals surface area contributed by atoms with Crippen molar-refractivity contribution in [2.45, 2.75) is 0 Å². The summed E-state index contributed by atoms with van der Waals surface area (Å²) in [7, 11) is 0. The van der Waals surface area contributed by atoms with Gasteiger partial charge < -0.3 is 4.98 Å². The summed E-state index contributed by atoms with van der Waals surface area (Å²) < 4.78 is 0. The number of fused-ring (bicyclic) bond motifs is 2. The third-order valence-corrected chi connectivity index (χ3v) is 2.06. The molecule has 0 amide bonds. The number of benzene rings is 1. The molecule has 1 N–H and O–H groups in total. The van der Waals surface area contributed by atoms with Crippen molar-refractivity contribution in [1.82, 2.24) is 15.0 Å². The highest BCUT2D eigenvalue weighted by molar-refractivity contribution is 5.84. The van der Waals surface area contributed by atoms with Gasteiger partial charge >= 0.3 is 0 Å². The second-order valence-corrected chi connectivity index (χ2v) is 2.92. The first kappa shape index (κ1) is 6.60. The maximum absolute atomic E-state index is 4.44. The van der Waals surface area contributed by atoms with E-state index in [0.29, 0.717) is 0 Å². The Hall–Kier alpha value is -1.90. The fraction of sp³-hybridized carbons (Fsp3) is 0. The quantitative estimate of drug-likeness (QED) is 0.560. The van der Waals surface area contributed by atoms with Crippen molar-refractivity contribution in [2.24, 2.45) is 0 Å². The fourth-order valence-electron chi connectivity index (χ4n) is 1.44. The predicted octanol–water partition coefficient (Wildman–Crippen LogP) is 2.11. The van der Waals surface area contributed by atoms with Gasteiger partial charge in [0.25, 0.3) is 0 Å². The molecule has 0 aliphatic rings. The molecule has 0 fully saturated rings. The van der Waals surface area contributed by atoms with Crippen molar-refractivity contribution in [3.05, 3.63) is 36.5 Å². The number of hydrogen-bond acceptors (Lipinski definition) is 2. The molecule has 3 rings (SSSR count). The lowest BCUT2D eigenvalue weighted by atomic mass is 10.3. The molecule has 13 heavy (non-hydrogen) atoms. The molecule has 0 unspecified atom stereocenters. The van der Waals surface area contributed by atoms with Gasteiger partial charge in [-0.1, -0.05) is 12.1 Å². The molecule has 62 valence electrons. The van der Waals surface area contributed by atoms with Crippen LogP contribution in [0.4, 0.5) is 0 Å². The number of rotatable bonds is 0. The zero-order valence-electron chi connectivity index (χ0n) is 6.86. The van der Waals surface area contributed by atoms with Gasteiger partial charge in [-0.3, -0.25) is 0 Å². The maximum Gasteiger partial charge on any atom is 0.156 e. The highest BCUT2D eigenvalue weighted by atomic mass is 14.9. The van der Waals surface area contributed by atoms with Gasteiger partial charge in [0.1, 0.15) is 5.52 Å². The molecule has 0 saturated heterocycles. The van der Waals surface area contributed by atoms with Gasteiger partial charge in [0.05, 0.1) is 11.0 Å². The summed E-state index contributed by atoms with van der Waals surface area (Å²) >= 11 is 0. The third kappa shape index (κ3) is 0.902. The minimum atomic E-state index is 0.846. The molecule has 2 heterocycles. The van der Waals surface area contributed by atoms with Crippen LogP contribution >= 0.6 is 0 Å². The van der Waals surface area contributed by atoms with Gasteiger partial charge in [0.15, 0.2) is 5.65 Å². The lowest BCUT2D eigenvalue weighted by Gasteiger charge is -1.94. The van der Waals surface area contributed by atoms with Crippen molar-refractivity contribution in [2.75, 3.05) is 0 Å². The molecule has 3 nitrogen and oxygen atoms in total. The largest absolute Gasteiger partial charge is 0.345 e. The van der Waals surface area contributed by atoms with E-state index in [-0.39, 0.29) is 0 Å². The first-order chi connectivity index (χ1) is 6.43. The molecular formula is C10H7N3. The second-order valence-electron chi connectivity index (χ2n) is 2.92. The Kier molecular flexibility index (Phi) is 1.16.